The Bertz CT molecular complexity index is 611. The third kappa shape index (κ3) is 3.28. The largest absolute Gasteiger partial charge is 0.307 e. The van der Waals surface area contributed by atoms with Crippen molar-refractivity contribution in [3.8, 4) is 0 Å². The van der Waals surface area contributed by atoms with Crippen LogP contribution in [0.25, 0.3) is 0 Å². The fourth-order valence-electron chi connectivity index (χ4n) is 2.91. The molecule has 0 amide bonds. The van der Waals surface area contributed by atoms with Gasteiger partial charge < -0.3 is 0 Å². The monoisotopic (exact) mass is 286 g/mol. The van der Waals surface area contributed by atoms with Crippen molar-refractivity contribution in [2.45, 2.75) is 32.0 Å². The molecule has 1 aliphatic heterocycles. The van der Waals surface area contributed by atoms with Gasteiger partial charge in [-0.3, -0.25) is 19.7 Å². The van der Waals surface area contributed by atoms with Crippen LogP contribution in [0.3, 0.4) is 0 Å². The van der Waals surface area contributed by atoms with Crippen LogP contribution in [0.5, 0.6) is 0 Å². The van der Waals surface area contributed by atoms with Gasteiger partial charge in [-0.25, -0.2) is 0 Å². The molecule has 0 radical (unpaired) electrons. The van der Waals surface area contributed by atoms with Gasteiger partial charge in [0.15, 0.2) is 0 Å². The Hall–Kier alpha value is -2.21. The molecule has 1 aromatic carbocycles. The Morgan fingerprint density at radius 1 is 1.33 bits per heavy atom. The lowest BCUT2D eigenvalue weighted by atomic mass is 10.0. The molecule has 0 spiro atoms. The highest BCUT2D eigenvalue weighted by Gasteiger charge is 2.25. The first-order valence-corrected chi connectivity index (χ1v) is 7.17. The van der Waals surface area contributed by atoms with Crippen LogP contribution in [0.1, 0.15) is 18.4 Å². The molecule has 110 valence electrons. The summed E-state index contributed by atoms with van der Waals surface area (Å²) in [5, 5.41) is 14.8. The Balaban J connectivity index is 1.65. The van der Waals surface area contributed by atoms with Gasteiger partial charge in [0.25, 0.3) is 0 Å². The Morgan fingerprint density at radius 2 is 2.14 bits per heavy atom. The molecule has 3 rings (SSSR count). The molecular formula is C15H18N4O2. The van der Waals surface area contributed by atoms with E-state index in [-0.39, 0.29) is 5.69 Å². The van der Waals surface area contributed by atoms with Crippen molar-refractivity contribution >= 4 is 5.69 Å². The van der Waals surface area contributed by atoms with Gasteiger partial charge in [-0.05, 0) is 24.8 Å². The smallest absolute Gasteiger partial charge is 0.281 e. The summed E-state index contributed by atoms with van der Waals surface area (Å²) < 4.78 is 1.65. The number of benzene rings is 1. The van der Waals surface area contributed by atoms with Gasteiger partial charge in [-0.2, -0.15) is 5.10 Å². The second-order valence-electron chi connectivity index (χ2n) is 5.43. The summed E-state index contributed by atoms with van der Waals surface area (Å²) in [5.74, 6) is 0. The molecule has 1 fully saturated rings. The summed E-state index contributed by atoms with van der Waals surface area (Å²) >= 11 is 0. The number of aromatic nitrogens is 2. The summed E-state index contributed by atoms with van der Waals surface area (Å²) in [6.45, 7) is 1.64. The van der Waals surface area contributed by atoms with Gasteiger partial charge in [-0.1, -0.05) is 30.3 Å². The maximum absolute atomic E-state index is 10.7. The number of hydrogen-bond acceptors (Lipinski definition) is 4. The standard InChI is InChI=1S/C15H18N4O2/c20-19(21)15-10-16-18(11-15)12-17-8-4-7-14(17)9-13-5-2-1-3-6-13/h1-3,5-6,10-11,14H,4,7-9,12H2. The highest BCUT2D eigenvalue weighted by molar-refractivity contribution is 5.20. The van der Waals surface area contributed by atoms with Gasteiger partial charge in [-0.15, -0.1) is 0 Å². The Labute approximate surface area is 123 Å². The Kier molecular flexibility index (Phi) is 3.96. The molecule has 6 heteroatoms. The van der Waals surface area contributed by atoms with E-state index in [1.165, 1.54) is 24.4 Å². The first kappa shape index (κ1) is 13.8. The number of likely N-dealkylation sites (tertiary alicyclic amines) is 1. The van der Waals surface area contributed by atoms with Gasteiger partial charge in [0.2, 0.25) is 0 Å². The van der Waals surface area contributed by atoms with Crippen LogP contribution < -0.4 is 0 Å². The lowest BCUT2D eigenvalue weighted by Crippen LogP contribution is -2.33. The van der Waals surface area contributed by atoms with E-state index in [1.54, 1.807) is 4.68 Å². The van der Waals surface area contributed by atoms with E-state index in [2.05, 4.69) is 34.3 Å². The quantitative estimate of drug-likeness (QED) is 0.625. The number of nitro groups is 1. The number of hydrogen-bond donors (Lipinski definition) is 0. The zero-order chi connectivity index (χ0) is 14.7. The third-order valence-corrected chi connectivity index (χ3v) is 3.97. The number of rotatable bonds is 5. The van der Waals surface area contributed by atoms with E-state index >= 15 is 0 Å². The maximum atomic E-state index is 10.7. The molecule has 0 aliphatic carbocycles. The van der Waals surface area contributed by atoms with Crippen LogP contribution in [-0.2, 0) is 13.1 Å². The lowest BCUT2D eigenvalue weighted by molar-refractivity contribution is -0.385. The molecule has 2 aromatic rings. The zero-order valence-corrected chi connectivity index (χ0v) is 11.8. The maximum Gasteiger partial charge on any atom is 0.307 e. The fraction of sp³-hybridized carbons (Fsp3) is 0.400. The average molecular weight is 286 g/mol. The molecule has 0 N–H and O–H groups in total. The summed E-state index contributed by atoms with van der Waals surface area (Å²) in [4.78, 5) is 12.6. The summed E-state index contributed by atoms with van der Waals surface area (Å²) in [7, 11) is 0. The van der Waals surface area contributed by atoms with Gasteiger partial charge in [0.1, 0.15) is 12.4 Å². The van der Waals surface area contributed by atoms with Crippen molar-refractivity contribution in [3.63, 3.8) is 0 Å². The molecule has 1 unspecified atom stereocenters. The molecule has 0 saturated carbocycles. The number of nitrogens with zero attached hydrogens (tertiary/aromatic N) is 4. The van der Waals surface area contributed by atoms with E-state index in [0.717, 1.165) is 19.4 Å². The second-order valence-corrected chi connectivity index (χ2v) is 5.43. The highest BCUT2D eigenvalue weighted by Crippen LogP contribution is 2.22. The van der Waals surface area contributed by atoms with Crippen molar-refractivity contribution in [1.82, 2.24) is 14.7 Å². The average Bonchev–Trinajstić information content (AvgIpc) is 3.11. The van der Waals surface area contributed by atoms with Gasteiger partial charge >= 0.3 is 5.69 Å². The summed E-state index contributed by atoms with van der Waals surface area (Å²) in [6.07, 6.45) is 6.16. The van der Waals surface area contributed by atoms with Crippen molar-refractivity contribution < 1.29 is 4.92 Å². The molecular weight excluding hydrogens is 268 g/mol. The van der Waals surface area contributed by atoms with Crippen LogP contribution in [-0.4, -0.2) is 32.2 Å². The van der Waals surface area contributed by atoms with E-state index in [4.69, 9.17) is 0 Å². The SMILES string of the molecule is O=[N+]([O-])c1cnn(CN2CCCC2Cc2ccccc2)c1. The van der Waals surface area contributed by atoms with E-state index < -0.39 is 4.92 Å². The zero-order valence-electron chi connectivity index (χ0n) is 11.8. The van der Waals surface area contributed by atoms with Crippen molar-refractivity contribution in [3.05, 3.63) is 58.4 Å². The Morgan fingerprint density at radius 3 is 2.86 bits per heavy atom. The van der Waals surface area contributed by atoms with E-state index in [1.807, 2.05) is 6.07 Å². The first-order valence-electron chi connectivity index (χ1n) is 7.17. The van der Waals surface area contributed by atoms with Crippen LogP contribution in [0.2, 0.25) is 0 Å². The summed E-state index contributed by atoms with van der Waals surface area (Å²) in [5.41, 5.74) is 1.38. The molecule has 6 nitrogen and oxygen atoms in total. The summed E-state index contributed by atoms with van der Waals surface area (Å²) in [6, 6.07) is 10.9. The van der Waals surface area contributed by atoms with Crippen LogP contribution in [0, 0.1) is 10.1 Å². The molecule has 21 heavy (non-hydrogen) atoms. The molecule has 0 bridgehead atoms. The van der Waals surface area contributed by atoms with Gasteiger partial charge in [0, 0.05) is 12.6 Å². The van der Waals surface area contributed by atoms with Crippen LogP contribution in [0.15, 0.2) is 42.7 Å². The molecule has 1 atom stereocenters. The minimum atomic E-state index is -0.408. The normalized spacial score (nSPS) is 19.0. The molecule has 2 heterocycles. The second kappa shape index (κ2) is 6.05. The van der Waals surface area contributed by atoms with Crippen LogP contribution in [0.4, 0.5) is 5.69 Å². The minimum Gasteiger partial charge on any atom is -0.281 e. The predicted molar refractivity (Wildman–Crippen MR) is 78.8 cm³/mol. The van der Waals surface area contributed by atoms with Crippen molar-refractivity contribution in [1.29, 1.82) is 0 Å². The fourth-order valence-corrected chi connectivity index (χ4v) is 2.91. The van der Waals surface area contributed by atoms with Crippen molar-refractivity contribution in [2.75, 3.05) is 6.54 Å². The van der Waals surface area contributed by atoms with Crippen molar-refractivity contribution in [2.24, 2.45) is 0 Å². The highest BCUT2D eigenvalue weighted by atomic mass is 16.6. The van der Waals surface area contributed by atoms with Gasteiger partial charge in [0.05, 0.1) is 11.6 Å². The van der Waals surface area contributed by atoms with E-state index in [0.29, 0.717) is 12.7 Å². The minimum absolute atomic E-state index is 0.0498. The first-order chi connectivity index (χ1) is 10.2. The molecule has 1 saturated heterocycles. The molecule has 1 aromatic heterocycles. The third-order valence-electron chi connectivity index (χ3n) is 3.97. The lowest BCUT2D eigenvalue weighted by Gasteiger charge is -2.24. The van der Waals surface area contributed by atoms with E-state index in [9.17, 15) is 10.1 Å². The van der Waals surface area contributed by atoms with Crippen LogP contribution >= 0.6 is 0 Å². The molecule has 1 aliphatic rings. The topological polar surface area (TPSA) is 64.2 Å². The predicted octanol–water partition coefficient (Wildman–Crippen LogP) is 2.46.